The molecule has 0 amide bonds. The fraction of sp³-hybridized carbons (Fsp3) is 0.889. The number of likely N-dealkylation sites (tertiary alicyclic amines) is 1. The largest absolute Gasteiger partial charge is 0.307 e. The highest BCUT2D eigenvalue weighted by Crippen LogP contribution is 2.36. The number of piperidine rings is 1. The number of hydrogen-bond acceptors (Lipinski definition) is 2. The van der Waals surface area contributed by atoms with Gasteiger partial charge in [-0.15, -0.1) is 0 Å². The average Bonchev–Trinajstić information content (AvgIpc) is 2.50. The molecule has 2 unspecified atom stereocenters. The summed E-state index contributed by atoms with van der Waals surface area (Å²) in [6, 6.07) is 0.619. The lowest BCUT2D eigenvalue weighted by Crippen LogP contribution is -2.38. The van der Waals surface area contributed by atoms with E-state index in [1.54, 1.807) is 0 Å². The summed E-state index contributed by atoms with van der Waals surface area (Å²) in [5, 5.41) is 8.81. The molecule has 1 heterocycles. The number of nitrogens with zero attached hydrogens (tertiary/aromatic N) is 2. The maximum absolute atomic E-state index is 8.81. The second-order valence-electron chi connectivity index (χ2n) is 3.69. The van der Waals surface area contributed by atoms with E-state index in [2.05, 4.69) is 6.19 Å². The zero-order valence-corrected chi connectivity index (χ0v) is 6.79. The molecule has 0 bridgehead atoms. The highest BCUT2D eigenvalue weighted by Gasteiger charge is 2.34. The molecule has 1 saturated carbocycles. The van der Waals surface area contributed by atoms with Crippen molar-refractivity contribution in [2.45, 2.75) is 38.1 Å². The van der Waals surface area contributed by atoms with E-state index in [1.807, 2.05) is 4.90 Å². The third-order valence-corrected chi connectivity index (χ3v) is 3.12. The van der Waals surface area contributed by atoms with Crippen molar-refractivity contribution in [1.29, 1.82) is 5.26 Å². The van der Waals surface area contributed by atoms with Crippen LogP contribution in [0.5, 0.6) is 0 Å². The zero-order chi connectivity index (χ0) is 7.68. The normalized spacial score (nSPS) is 36.5. The zero-order valence-electron chi connectivity index (χ0n) is 6.79. The maximum atomic E-state index is 8.81. The average molecular weight is 150 g/mol. The van der Waals surface area contributed by atoms with Crippen LogP contribution in [-0.2, 0) is 0 Å². The van der Waals surface area contributed by atoms with Crippen molar-refractivity contribution >= 4 is 0 Å². The molecule has 2 heteroatoms. The lowest BCUT2D eigenvalue weighted by molar-refractivity contribution is 0.177. The van der Waals surface area contributed by atoms with Gasteiger partial charge >= 0.3 is 0 Å². The van der Waals surface area contributed by atoms with Gasteiger partial charge in [-0.1, -0.05) is 6.42 Å². The van der Waals surface area contributed by atoms with E-state index in [0.717, 1.165) is 12.5 Å². The Morgan fingerprint density at radius 2 is 2.00 bits per heavy atom. The topological polar surface area (TPSA) is 27.0 Å². The number of fused-ring (bicyclic) bond motifs is 1. The summed E-state index contributed by atoms with van der Waals surface area (Å²) >= 11 is 0. The minimum absolute atomic E-state index is 0.619. The van der Waals surface area contributed by atoms with Gasteiger partial charge in [0.05, 0.1) is 0 Å². The second-order valence-corrected chi connectivity index (χ2v) is 3.69. The molecular formula is C9H14N2. The van der Waals surface area contributed by atoms with E-state index in [4.69, 9.17) is 5.26 Å². The molecule has 60 valence electrons. The Morgan fingerprint density at radius 3 is 2.82 bits per heavy atom. The highest BCUT2D eigenvalue weighted by molar-refractivity contribution is 4.94. The Hall–Kier alpha value is -0.710. The fourth-order valence-electron chi connectivity index (χ4n) is 2.58. The van der Waals surface area contributed by atoms with Crippen LogP contribution >= 0.6 is 0 Å². The molecule has 1 aliphatic heterocycles. The molecule has 1 saturated heterocycles. The van der Waals surface area contributed by atoms with Crippen LogP contribution in [0.15, 0.2) is 0 Å². The molecule has 0 aromatic carbocycles. The Kier molecular flexibility index (Phi) is 1.73. The highest BCUT2D eigenvalue weighted by atomic mass is 15.2. The lowest BCUT2D eigenvalue weighted by atomic mass is 9.92. The van der Waals surface area contributed by atoms with Crippen molar-refractivity contribution in [2.75, 3.05) is 6.54 Å². The first kappa shape index (κ1) is 6.97. The van der Waals surface area contributed by atoms with Crippen molar-refractivity contribution in [2.24, 2.45) is 5.92 Å². The van der Waals surface area contributed by atoms with Crippen LogP contribution in [0.4, 0.5) is 0 Å². The molecule has 0 N–H and O–H groups in total. The summed E-state index contributed by atoms with van der Waals surface area (Å²) in [4.78, 5) is 2.00. The molecular weight excluding hydrogens is 136 g/mol. The standard InChI is InChI=1S/C9H14N2/c10-7-11-6-2-4-8-3-1-5-9(8)11/h8-9H,1-6H2. The Balaban J connectivity index is 2.08. The molecule has 2 rings (SSSR count). The number of nitriles is 1. The van der Waals surface area contributed by atoms with Crippen molar-refractivity contribution in [3.63, 3.8) is 0 Å². The second kappa shape index (κ2) is 2.73. The third kappa shape index (κ3) is 1.09. The summed E-state index contributed by atoms with van der Waals surface area (Å²) in [5.41, 5.74) is 0. The van der Waals surface area contributed by atoms with E-state index in [1.165, 1.54) is 32.1 Å². The van der Waals surface area contributed by atoms with Crippen LogP contribution in [0.25, 0.3) is 0 Å². The quantitative estimate of drug-likeness (QED) is 0.492. The van der Waals surface area contributed by atoms with Crippen LogP contribution in [0.2, 0.25) is 0 Å². The molecule has 2 nitrogen and oxygen atoms in total. The lowest BCUT2D eigenvalue weighted by Gasteiger charge is -2.33. The van der Waals surface area contributed by atoms with Crippen LogP contribution < -0.4 is 0 Å². The molecule has 2 atom stereocenters. The van der Waals surface area contributed by atoms with Gasteiger partial charge in [-0.3, -0.25) is 0 Å². The van der Waals surface area contributed by atoms with Gasteiger partial charge in [0.1, 0.15) is 0 Å². The van der Waals surface area contributed by atoms with Crippen molar-refractivity contribution in [3.8, 4) is 6.19 Å². The minimum atomic E-state index is 0.619. The van der Waals surface area contributed by atoms with E-state index in [-0.39, 0.29) is 0 Å². The summed E-state index contributed by atoms with van der Waals surface area (Å²) in [5.74, 6) is 0.850. The molecule has 2 fully saturated rings. The molecule has 2 aliphatic rings. The first-order chi connectivity index (χ1) is 5.42. The third-order valence-electron chi connectivity index (χ3n) is 3.12. The van der Waals surface area contributed by atoms with E-state index >= 15 is 0 Å². The van der Waals surface area contributed by atoms with Gasteiger partial charge < -0.3 is 4.90 Å². The monoisotopic (exact) mass is 150 g/mol. The number of hydrogen-bond donors (Lipinski definition) is 0. The van der Waals surface area contributed by atoms with E-state index < -0.39 is 0 Å². The molecule has 0 spiro atoms. The predicted octanol–water partition coefficient (Wildman–Crippen LogP) is 1.73. The van der Waals surface area contributed by atoms with E-state index in [9.17, 15) is 0 Å². The number of rotatable bonds is 0. The van der Waals surface area contributed by atoms with Crippen molar-refractivity contribution in [3.05, 3.63) is 0 Å². The van der Waals surface area contributed by atoms with Gasteiger partial charge in [0.25, 0.3) is 0 Å². The van der Waals surface area contributed by atoms with Crippen LogP contribution in [0, 0.1) is 17.4 Å². The summed E-state index contributed by atoms with van der Waals surface area (Å²) < 4.78 is 0. The first-order valence-corrected chi connectivity index (χ1v) is 4.58. The van der Waals surface area contributed by atoms with Crippen LogP contribution in [0.3, 0.4) is 0 Å². The van der Waals surface area contributed by atoms with Gasteiger partial charge in [-0.25, -0.2) is 0 Å². The Labute approximate surface area is 67.8 Å². The summed E-state index contributed by atoms with van der Waals surface area (Å²) in [6.45, 7) is 1.01. The Morgan fingerprint density at radius 1 is 1.18 bits per heavy atom. The predicted molar refractivity (Wildman–Crippen MR) is 42.7 cm³/mol. The SMILES string of the molecule is N#CN1CCCC2CCCC21. The Bertz CT molecular complexity index is 182. The van der Waals surface area contributed by atoms with E-state index in [0.29, 0.717) is 6.04 Å². The molecule has 11 heavy (non-hydrogen) atoms. The van der Waals surface area contributed by atoms with Crippen LogP contribution in [0.1, 0.15) is 32.1 Å². The van der Waals surface area contributed by atoms with Gasteiger partial charge in [-0.2, -0.15) is 5.26 Å². The first-order valence-electron chi connectivity index (χ1n) is 4.58. The molecule has 0 radical (unpaired) electrons. The van der Waals surface area contributed by atoms with Crippen molar-refractivity contribution < 1.29 is 0 Å². The van der Waals surface area contributed by atoms with Gasteiger partial charge in [-0.05, 0) is 31.6 Å². The smallest absolute Gasteiger partial charge is 0.179 e. The van der Waals surface area contributed by atoms with Gasteiger partial charge in [0.2, 0.25) is 0 Å². The minimum Gasteiger partial charge on any atom is -0.307 e. The maximum Gasteiger partial charge on any atom is 0.179 e. The summed E-state index contributed by atoms with van der Waals surface area (Å²) in [7, 11) is 0. The molecule has 0 aromatic rings. The molecule has 0 aromatic heterocycles. The fourth-order valence-corrected chi connectivity index (χ4v) is 2.58. The van der Waals surface area contributed by atoms with Crippen molar-refractivity contribution in [1.82, 2.24) is 4.90 Å². The van der Waals surface area contributed by atoms with Crippen LogP contribution in [-0.4, -0.2) is 17.5 Å². The summed E-state index contributed by atoms with van der Waals surface area (Å²) in [6.07, 6.45) is 8.87. The van der Waals surface area contributed by atoms with Gasteiger partial charge in [0, 0.05) is 12.6 Å². The molecule has 1 aliphatic carbocycles. The van der Waals surface area contributed by atoms with Gasteiger partial charge in [0.15, 0.2) is 6.19 Å².